The lowest BCUT2D eigenvalue weighted by Crippen LogP contribution is -2.38. The first-order chi connectivity index (χ1) is 16.5. The fourth-order valence-corrected chi connectivity index (χ4v) is 5.56. The summed E-state index contributed by atoms with van der Waals surface area (Å²) in [5.41, 5.74) is 2.08. The fourth-order valence-electron chi connectivity index (χ4n) is 5.30. The first-order valence-corrected chi connectivity index (χ1v) is 12.8. The Morgan fingerprint density at radius 3 is 2.76 bits per heavy atom. The van der Waals surface area contributed by atoms with Crippen molar-refractivity contribution in [3.05, 3.63) is 46.1 Å². The molecule has 3 aliphatic rings. The standard InChI is InChI=1S/C26H33ClN4O3/c1-17-3-7-20(8-4-17)29-23(33)21-14-28-25(31-12-2-9-26(31)10-11-26)30-24(21)34-16-18-5-6-19(15-32)22(27)13-18/h5-6,13-14,17,20,32H,2-4,7-12,15-16H2,1H3,(H,29,33)/t17-,20-. The van der Waals surface area contributed by atoms with E-state index in [1.807, 2.05) is 6.07 Å². The van der Waals surface area contributed by atoms with Crippen molar-refractivity contribution >= 4 is 23.5 Å². The number of carbonyl (C=O) groups excluding carboxylic acids is 1. The Balaban J connectivity index is 1.37. The lowest BCUT2D eigenvalue weighted by molar-refractivity contribution is 0.0917. The van der Waals surface area contributed by atoms with E-state index in [0.29, 0.717) is 33.9 Å². The third-order valence-corrected chi connectivity index (χ3v) is 8.02. The predicted molar refractivity (Wildman–Crippen MR) is 131 cm³/mol. The number of anilines is 1. The highest BCUT2D eigenvalue weighted by Crippen LogP contribution is 2.50. The largest absolute Gasteiger partial charge is 0.472 e. The van der Waals surface area contributed by atoms with E-state index in [4.69, 9.17) is 21.3 Å². The number of carbonyl (C=O) groups is 1. The summed E-state index contributed by atoms with van der Waals surface area (Å²) in [6.07, 6.45) is 10.5. The zero-order valence-corrected chi connectivity index (χ0v) is 20.5. The first-order valence-electron chi connectivity index (χ1n) is 12.4. The van der Waals surface area contributed by atoms with Gasteiger partial charge in [-0.3, -0.25) is 4.79 Å². The number of aliphatic hydroxyl groups excluding tert-OH is 1. The van der Waals surface area contributed by atoms with Crippen LogP contribution in [-0.2, 0) is 13.2 Å². The molecule has 7 nitrogen and oxygen atoms in total. The Hall–Kier alpha value is -2.38. The van der Waals surface area contributed by atoms with Crippen LogP contribution in [0.1, 0.15) is 79.8 Å². The van der Waals surface area contributed by atoms with E-state index in [0.717, 1.165) is 44.2 Å². The van der Waals surface area contributed by atoms with Gasteiger partial charge in [0.15, 0.2) is 0 Å². The first kappa shape index (κ1) is 23.4. The van der Waals surface area contributed by atoms with Crippen molar-refractivity contribution in [2.75, 3.05) is 11.4 Å². The Morgan fingerprint density at radius 1 is 1.26 bits per heavy atom. The molecule has 1 amide bonds. The number of rotatable bonds is 7. The van der Waals surface area contributed by atoms with Gasteiger partial charge < -0.3 is 20.1 Å². The molecule has 3 fully saturated rings. The van der Waals surface area contributed by atoms with Gasteiger partial charge in [0.05, 0.1) is 6.61 Å². The summed E-state index contributed by atoms with van der Waals surface area (Å²) >= 11 is 6.25. The van der Waals surface area contributed by atoms with Gasteiger partial charge in [0.1, 0.15) is 12.2 Å². The third kappa shape index (κ3) is 4.86. The average Bonchev–Trinajstić information content (AvgIpc) is 3.49. The molecule has 0 radical (unpaired) electrons. The zero-order chi connectivity index (χ0) is 23.7. The predicted octanol–water partition coefficient (Wildman–Crippen LogP) is 4.64. The Morgan fingerprint density at radius 2 is 2.06 bits per heavy atom. The number of aliphatic hydroxyl groups is 1. The van der Waals surface area contributed by atoms with Crippen LogP contribution in [0.5, 0.6) is 5.88 Å². The van der Waals surface area contributed by atoms with Gasteiger partial charge in [-0.15, -0.1) is 0 Å². The topological polar surface area (TPSA) is 87.6 Å². The maximum Gasteiger partial charge on any atom is 0.258 e. The minimum Gasteiger partial charge on any atom is -0.472 e. The van der Waals surface area contributed by atoms with E-state index in [2.05, 4.69) is 22.1 Å². The lowest BCUT2D eigenvalue weighted by Gasteiger charge is -2.27. The zero-order valence-electron chi connectivity index (χ0n) is 19.7. The van der Waals surface area contributed by atoms with Crippen LogP contribution in [0.2, 0.25) is 5.02 Å². The monoisotopic (exact) mass is 484 g/mol. The molecule has 8 heteroatoms. The van der Waals surface area contributed by atoms with Crippen LogP contribution < -0.4 is 15.0 Å². The number of aromatic nitrogens is 2. The van der Waals surface area contributed by atoms with Crippen molar-refractivity contribution in [3.63, 3.8) is 0 Å². The van der Waals surface area contributed by atoms with Crippen molar-refractivity contribution in [3.8, 4) is 5.88 Å². The van der Waals surface area contributed by atoms with Crippen molar-refractivity contribution in [1.29, 1.82) is 0 Å². The van der Waals surface area contributed by atoms with E-state index < -0.39 is 0 Å². The van der Waals surface area contributed by atoms with Crippen LogP contribution in [0.25, 0.3) is 0 Å². The summed E-state index contributed by atoms with van der Waals surface area (Å²) < 4.78 is 6.11. The quantitative estimate of drug-likeness (QED) is 0.595. The summed E-state index contributed by atoms with van der Waals surface area (Å²) in [7, 11) is 0. The summed E-state index contributed by atoms with van der Waals surface area (Å²) in [6.45, 7) is 3.30. The second-order valence-corrected chi connectivity index (χ2v) is 10.6. The van der Waals surface area contributed by atoms with Crippen LogP contribution >= 0.6 is 11.6 Å². The van der Waals surface area contributed by atoms with Gasteiger partial charge in [-0.05, 0) is 74.5 Å². The molecule has 0 bridgehead atoms. The van der Waals surface area contributed by atoms with Crippen molar-refractivity contribution in [2.45, 2.75) is 83.1 Å². The Bertz CT molecular complexity index is 1050. The Kier molecular flexibility index (Phi) is 6.67. The minimum atomic E-state index is -0.183. The molecular formula is C26H33ClN4O3. The van der Waals surface area contributed by atoms with Crippen molar-refractivity contribution in [1.82, 2.24) is 15.3 Å². The van der Waals surface area contributed by atoms with Gasteiger partial charge in [-0.25, -0.2) is 4.98 Å². The Labute approximate surface area is 205 Å². The van der Waals surface area contributed by atoms with E-state index in [9.17, 15) is 9.90 Å². The number of ether oxygens (including phenoxy) is 1. The molecule has 0 unspecified atom stereocenters. The molecule has 34 heavy (non-hydrogen) atoms. The molecule has 5 rings (SSSR count). The van der Waals surface area contributed by atoms with Gasteiger partial charge in [0.2, 0.25) is 11.8 Å². The number of nitrogens with one attached hydrogen (secondary N) is 1. The van der Waals surface area contributed by atoms with Crippen LogP contribution in [0, 0.1) is 5.92 Å². The molecule has 1 aliphatic heterocycles. The third-order valence-electron chi connectivity index (χ3n) is 7.67. The molecule has 1 aromatic heterocycles. The molecule has 1 aromatic carbocycles. The SMILES string of the molecule is C[C@H]1CC[C@H](NC(=O)c2cnc(N3CCCC34CC4)nc2OCc2ccc(CO)c(Cl)c2)CC1. The van der Waals surface area contributed by atoms with Gasteiger partial charge >= 0.3 is 0 Å². The van der Waals surface area contributed by atoms with Gasteiger partial charge in [0.25, 0.3) is 5.91 Å². The van der Waals surface area contributed by atoms with E-state index in [-0.39, 0.29) is 30.7 Å². The molecule has 182 valence electrons. The maximum absolute atomic E-state index is 13.2. The second-order valence-electron chi connectivity index (χ2n) is 10.2. The average molecular weight is 485 g/mol. The molecule has 0 atom stereocenters. The number of halogens is 1. The van der Waals surface area contributed by atoms with Crippen molar-refractivity contribution in [2.24, 2.45) is 5.92 Å². The summed E-state index contributed by atoms with van der Waals surface area (Å²) in [6, 6.07) is 5.60. The molecule has 2 heterocycles. The van der Waals surface area contributed by atoms with E-state index in [1.165, 1.54) is 19.3 Å². The summed E-state index contributed by atoms with van der Waals surface area (Å²) in [4.78, 5) is 24.8. The number of nitrogens with zero attached hydrogens (tertiary/aromatic N) is 3. The molecule has 2 N–H and O–H groups in total. The molecule has 1 saturated heterocycles. The molecule has 2 saturated carbocycles. The van der Waals surface area contributed by atoms with E-state index in [1.54, 1.807) is 18.3 Å². The smallest absolute Gasteiger partial charge is 0.258 e. The van der Waals surface area contributed by atoms with Crippen LogP contribution in [0.3, 0.4) is 0 Å². The second kappa shape index (κ2) is 9.70. The fraction of sp³-hybridized carbons (Fsp3) is 0.577. The molecule has 2 aliphatic carbocycles. The summed E-state index contributed by atoms with van der Waals surface area (Å²) in [5, 5.41) is 13.0. The van der Waals surface area contributed by atoms with Gasteiger partial charge in [-0.1, -0.05) is 30.7 Å². The number of amides is 1. The summed E-state index contributed by atoms with van der Waals surface area (Å²) in [5.74, 6) is 1.48. The minimum absolute atomic E-state index is 0.114. The number of hydrogen-bond acceptors (Lipinski definition) is 6. The normalized spacial score (nSPS) is 23.2. The molecular weight excluding hydrogens is 452 g/mol. The van der Waals surface area contributed by atoms with E-state index >= 15 is 0 Å². The molecule has 2 aromatic rings. The van der Waals surface area contributed by atoms with Gasteiger partial charge in [0, 0.05) is 29.3 Å². The highest BCUT2D eigenvalue weighted by atomic mass is 35.5. The number of benzene rings is 1. The number of hydrogen-bond donors (Lipinski definition) is 2. The van der Waals surface area contributed by atoms with Crippen LogP contribution in [-0.4, -0.2) is 39.1 Å². The van der Waals surface area contributed by atoms with Crippen LogP contribution in [0.15, 0.2) is 24.4 Å². The molecule has 1 spiro atoms. The van der Waals surface area contributed by atoms with Gasteiger partial charge in [-0.2, -0.15) is 4.98 Å². The van der Waals surface area contributed by atoms with Crippen molar-refractivity contribution < 1.29 is 14.6 Å². The highest BCUT2D eigenvalue weighted by molar-refractivity contribution is 6.31. The van der Waals surface area contributed by atoms with Crippen LogP contribution in [0.4, 0.5) is 5.95 Å². The lowest BCUT2D eigenvalue weighted by atomic mass is 9.87. The highest BCUT2D eigenvalue weighted by Gasteiger charge is 2.51. The maximum atomic E-state index is 13.2.